The van der Waals surface area contributed by atoms with Crippen molar-refractivity contribution in [1.82, 2.24) is 15.7 Å². The second-order valence-corrected chi connectivity index (χ2v) is 3.74. The van der Waals surface area contributed by atoms with Crippen molar-refractivity contribution in [2.24, 2.45) is 0 Å². The third kappa shape index (κ3) is 2.13. The van der Waals surface area contributed by atoms with Gasteiger partial charge in [-0.05, 0) is 13.3 Å². The fraction of sp³-hybridized carbons (Fsp3) is 0.667. The third-order valence-electron chi connectivity index (χ3n) is 2.57. The number of hydrogen-bond donors (Lipinski definition) is 2. The van der Waals surface area contributed by atoms with Crippen molar-refractivity contribution in [2.45, 2.75) is 25.8 Å². The highest BCUT2D eigenvalue weighted by atomic mass is 16.6. The van der Waals surface area contributed by atoms with Crippen LogP contribution in [-0.4, -0.2) is 41.9 Å². The summed E-state index contributed by atoms with van der Waals surface area (Å²) in [5.41, 5.74) is 1.13. The number of amides is 4. The molecule has 0 aromatic carbocycles. The summed E-state index contributed by atoms with van der Waals surface area (Å²) in [6, 6.07) is -0.555. The van der Waals surface area contributed by atoms with E-state index in [0.29, 0.717) is 6.42 Å². The van der Waals surface area contributed by atoms with Gasteiger partial charge in [0.25, 0.3) is 11.8 Å². The van der Waals surface area contributed by atoms with Crippen molar-refractivity contribution in [3.63, 3.8) is 0 Å². The molecule has 0 aromatic rings. The van der Waals surface area contributed by atoms with Crippen molar-refractivity contribution in [1.29, 1.82) is 0 Å². The zero-order valence-corrected chi connectivity index (χ0v) is 9.49. The predicted octanol–water partition coefficient (Wildman–Crippen LogP) is -0.615. The van der Waals surface area contributed by atoms with Crippen LogP contribution in [0.25, 0.3) is 0 Å². The van der Waals surface area contributed by atoms with Gasteiger partial charge >= 0.3 is 6.03 Å². The Labute approximate surface area is 93.1 Å². The van der Waals surface area contributed by atoms with Crippen molar-refractivity contribution in [3.05, 3.63) is 0 Å². The summed E-state index contributed by atoms with van der Waals surface area (Å²) >= 11 is 0. The molecule has 1 heterocycles. The lowest BCUT2D eigenvalue weighted by Gasteiger charge is -2.18. The molecule has 0 radical (unpaired) electrons. The van der Waals surface area contributed by atoms with Crippen molar-refractivity contribution >= 4 is 17.8 Å². The Morgan fingerprint density at radius 1 is 1.56 bits per heavy atom. The molecule has 1 fully saturated rings. The summed E-state index contributed by atoms with van der Waals surface area (Å²) in [5.74, 6) is -0.947. The van der Waals surface area contributed by atoms with Crippen LogP contribution < -0.4 is 10.8 Å². The van der Waals surface area contributed by atoms with Gasteiger partial charge in [0.1, 0.15) is 12.1 Å². The molecule has 0 bridgehead atoms. The van der Waals surface area contributed by atoms with E-state index in [1.165, 1.54) is 7.11 Å². The summed E-state index contributed by atoms with van der Waals surface area (Å²) in [6.45, 7) is 3.08. The van der Waals surface area contributed by atoms with E-state index in [9.17, 15) is 14.4 Å². The number of hydrogen-bond acceptors (Lipinski definition) is 4. The lowest BCUT2D eigenvalue weighted by molar-refractivity contribution is -0.138. The minimum Gasteiger partial charge on any atom is -0.323 e. The quantitative estimate of drug-likeness (QED) is 0.497. The highest BCUT2D eigenvalue weighted by Crippen LogP contribution is 2.20. The predicted molar refractivity (Wildman–Crippen MR) is 54.1 cm³/mol. The van der Waals surface area contributed by atoms with Crippen LogP contribution in [0.3, 0.4) is 0 Å². The van der Waals surface area contributed by atoms with Gasteiger partial charge in [0.15, 0.2) is 0 Å². The number of nitrogens with zero attached hydrogens (tertiary/aromatic N) is 1. The van der Waals surface area contributed by atoms with Crippen LogP contribution in [0.2, 0.25) is 0 Å². The maximum Gasteiger partial charge on any atom is 0.325 e. The topological polar surface area (TPSA) is 87.7 Å². The van der Waals surface area contributed by atoms with Crippen LogP contribution in [0.4, 0.5) is 4.79 Å². The van der Waals surface area contributed by atoms with Gasteiger partial charge in [0.2, 0.25) is 0 Å². The van der Waals surface area contributed by atoms with E-state index in [-0.39, 0.29) is 6.54 Å². The number of imide groups is 1. The van der Waals surface area contributed by atoms with Crippen molar-refractivity contribution in [3.8, 4) is 0 Å². The minimum atomic E-state index is -0.912. The fourth-order valence-electron chi connectivity index (χ4n) is 1.42. The number of carbonyl (C=O) groups is 3. The summed E-state index contributed by atoms with van der Waals surface area (Å²) in [6.07, 6.45) is 0.472. The first-order valence-corrected chi connectivity index (χ1v) is 4.90. The molecule has 0 aromatic heterocycles. The Balaban J connectivity index is 2.72. The SMILES string of the molecule is CCC1(C)NC(=O)N(CC(=O)NOC)C1=O. The molecule has 90 valence electrons. The molecule has 1 aliphatic rings. The zero-order valence-electron chi connectivity index (χ0n) is 9.49. The molecule has 7 heteroatoms. The maximum absolute atomic E-state index is 11.8. The highest BCUT2D eigenvalue weighted by molar-refractivity contribution is 6.08. The molecule has 0 aliphatic carbocycles. The first-order valence-electron chi connectivity index (χ1n) is 4.90. The lowest BCUT2D eigenvalue weighted by atomic mass is 9.99. The molecule has 1 rings (SSSR count). The zero-order chi connectivity index (χ0) is 12.3. The highest BCUT2D eigenvalue weighted by Gasteiger charge is 2.46. The Kier molecular flexibility index (Phi) is 3.48. The molecule has 0 saturated carbocycles. The lowest BCUT2D eigenvalue weighted by Crippen LogP contribution is -2.44. The van der Waals surface area contributed by atoms with Crippen LogP contribution in [0.5, 0.6) is 0 Å². The standard InChI is InChI=1S/C9H15N3O4/c1-4-9(2)7(14)12(8(15)10-9)5-6(13)11-16-3/h4-5H2,1-3H3,(H,10,15)(H,11,13). The third-order valence-corrected chi connectivity index (χ3v) is 2.57. The van der Waals surface area contributed by atoms with Crippen molar-refractivity contribution in [2.75, 3.05) is 13.7 Å². The number of nitrogens with one attached hydrogen (secondary N) is 2. The average Bonchev–Trinajstić information content (AvgIpc) is 2.43. The molecule has 0 spiro atoms. The minimum absolute atomic E-state index is 0.339. The summed E-state index contributed by atoms with van der Waals surface area (Å²) < 4.78 is 0. The molecule has 16 heavy (non-hydrogen) atoms. The molecule has 1 atom stereocenters. The van der Waals surface area contributed by atoms with E-state index < -0.39 is 23.4 Å². The van der Waals surface area contributed by atoms with E-state index in [1.54, 1.807) is 13.8 Å². The van der Waals surface area contributed by atoms with E-state index in [4.69, 9.17) is 0 Å². The molecule has 1 saturated heterocycles. The molecular weight excluding hydrogens is 214 g/mol. The van der Waals surface area contributed by atoms with E-state index >= 15 is 0 Å². The molecule has 7 nitrogen and oxygen atoms in total. The van der Waals surface area contributed by atoms with Gasteiger partial charge in [0, 0.05) is 0 Å². The molecule has 4 amide bonds. The average molecular weight is 229 g/mol. The van der Waals surface area contributed by atoms with Gasteiger partial charge in [-0.2, -0.15) is 0 Å². The summed E-state index contributed by atoms with van der Waals surface area (Å²) in [5, 5.41) is 2.54. The Morgan fingerprint density at radius 2 is 2.19 bits per heavy atom. The Bertz CT molecular complexity index is 331. The van der Waals surface area contributed by atoms with Crippen LogP contribution in [-0.2, 0) is 14.4 Å². The van der Waals surface area contributed by atoms with Gasteiger partial charge in [-0.3, -0.25) is 19.3 Å². The first kappa shape index (κ1) is 12.4. The molecular formula is C9H15N3O4. The second-order valence-electron chi connectivity index (χ2n) is 3.74. The van der Waals surface area contributed by atoms with Crippen LogP contribution >= 0.6 is 0 Å². The number of hydroxylamine groups is 1. The number of urea groups is 1. The normalized spacial score (nSPS) is 24.6. The van der Waals surface area contributed by atoms with Gasteiger partial charge in [-0.15, -0.1) is 0 Å². The number of carbonyl (C=O) groups excluding carboxylic acids is 3. The van der Waals surface area contributed by atoms with Crippen LogP contribution in [0.15, 0.2) is 0 Å². The largest absolute Gasteiger partial charge is 0.325 e. The van der Waals surface area contributed by atoms with Gasteiger partial charge < -0.3 is 5.32 Å². The maximum atomic E-state index is 11.8. The monoisotopic (exact) mass is 229 g/mol. The smallest absolute Gasteiger partial charge is 0.323 e. The van der Waals surface area contributed by atoms with Crippen LogP contribution in [0.1, 0.15) is 20.3 Å². The van der Waals surface area contributed by atoms with E-state index in [1.807, 2.05) is 5.48 Å². The Morgan fingerprint density at radius 3 is 2.62 bits per heavy atom. The van der Waals surface area contributed by atoms with E-state index in [0.717, 1.165) is 4.90 Å². The van der Waals surface area contributed by atoms with Gasteiger partial charge in [-0.25, -0.2) is 10.3 Å². The first-order chi connectivity index (χ1) is 7.44. The summed E-state index contributed by atoms with van der Waals surface area (Å²) in [4.78, 5) is 39.7. The molecule has 1 unspecified atom stereocenters. The van der Waals surface area contributed by atoms with E-state index in [2.05, 4.69) is 10.2 Å². The fourth-order valence-corrected chi connectivity index (χ4v) is 1.42. The van der Waals surface area contributed by atoms with Gasteiger partial charge in [-0.1, -0.05) is 6.92 Å². The van der Waals surface area contributed by atoms with Gasteiger partial charge in [0.05, 0.1) is 7.11 Å². The van der Waals surface area contributed by atoms with Crippen molar-refractivity contribution < 1.29 is 19.2 Å². The molecule has 2 N–H and O–H groups in total. The molecule has 1 aliphatic heterocycles. The second kappa shape index (κ2) is 4.48. The van der Waals surface area contributed by atoms with Crippen LogP contribution in [0, 0.1) is 0 Å². The Hall–Kier alpha value is -1.63. The summed E-state index contributed by atoms with van der Waals surface area (Å²) in [7, 11) is 1.28. The number of rotatable bonds is 4.